The molecule has 4 N–H and O–H groups in total. The SMILES string of the molecule is COc1cc(N2CCN(CCCCCCNc3cccc4c3C(=O)N(C3CCC(=O)NC3=O)C4=O)CC2)c(-c2cnn(C)c2)cc1Nc1ncc(Br)c(Nc2ccc3nccnc3c2P(C)(C)=O)n1. The van der Waals surface area contributed by atoms with Crippen LogP contribution in [0.15, 0.2) is 77.9 Å². The maximum absolute atomic E-state index is 13.6. The molecule has 4 amide bonds. The number of anilines is 6. The third kappa shape index (κ3) is 10.0. The van der Waals surface area contributed by atoms with E-state index in [4.69, 9.17) is 9.72 Å². The highest BCUT2D eigenvalue weighted by Crippen LogP contribution is 2.43. The van der Waals surface area contributed by atoms with Crippen molar-refractivity contribution in [1.29, 1.82) is 0 Å². The third-order valence-corrected chi connectivity index (χ3v) is 14.7. The highest BCUT2D eigenvalue weighted by atomic mass is 79.9. The second-order valence-corrected chi connectivity index (χ2v) is 21.7. The summed E-state index contributed by atoms with van der Waals surface area (Å²) >= 11 is 3.60. The number of hydrogen-bond donors (Lipinski definition) is 4. The van der Waals surface area contributed by atoms with Crippen molar-refractivity contribution in [2.45, 2.75) is 44.6 Å². The molecule has 3 aromatic carbocycles. The van der Waals surface area contributed by atoms with Gasteiger partial charge in [-0.15, -0.1) is 0 Å². The molecule has 1 atom stereocenters. The van der Waals surface area contributed by atoms with Gasteiger partial charge in [-0.05, 0) is 85.4 Å². The molecule has 9 rings (SSSR count). The van der Waals surface area contributed by atoms with E-state index in [1.54, 1.807) is 61.9 Å². The van der Waals surface area contributed by atoms with Gasteiger partial charge in [-0.2, -0.15) is 10.1 Å². The van der Waals surface area contributed by atoms with E-state index in [1.165, 1.54) is 0 Å². The van der Waals surface area contributed by atoms with Gasteiger partial charge in [-0.1, -0.05) is 18.9 Å². The van der Waals surface area contributed by atoms with Gasteiger partial charge >= 0.3 is 0 Å². The zero-order chi connectivity index (χ0) is 48.4. The Morgan fingerprint density at radius 1 is 0.870 bits per heavy atom. The average Bonchev–Trinajstić information content (AvgIpc) is 3.88. The lowest BCUT2D eigenvalue weighted by atomic mass is 10.0. The van der Waals surface area contributed by atoms with Gasteiger partial charge in [0, 0.05) is 99.5 Å². The van der Waals surface area contributed by atoms with Crippen LogP contribution in [0, 0.1) is 0 Å². The molecule has 21 heteroatoms. The topological polar surface area (TPSA) is 222 Å². The Kier molecular flexibility index (Phi) is 13.8. The van der Waals surface area contributed by atoms with Crippen LogP contribution in [0.4, 0.5) is 34.5 Å². The van der Waals surface area contributed by atoms with Crippen LogP contribution in [0.1, 0.15) is 59.2 Å². The van der Waals surface area contributed by atoms with E-state index in [9.17, 15) is 23.7 Å². The molecule has 0 bridgehead atoms. The van der Waals surface area contributed by atoms with E-state index < -0.39 is 36.8 Å². The molecule has 0 saturated carbocycles. The number of carbonyl (C=O) groups is 4. The molecular formula is C48H53BrN13O6P. The van der Waals surface area contributed by atoms with E-state index in [0.717, 1.165) is 80.1 Å². The average molecular weight is 1020 g/mol. The largest absolute Gasteiger partial charge is 0.494 e. The minimum absolute atomic E-state index is 0.0770. The van der Waals surface area contributed by atoms with Crippen LogP contribution in [0.5, 0.6) is 5.75 Å². The standard InChI is InChI=1S/C48H53BrN13O6P/c1-59-28-29(26-54-59)31-24-36(56-48-53-27-32(49)44(58-48)55-35-13-12-34-42(52-18-17-51-34)43(35)69(3,4)67)39(68-2)25-38(31)61-22-20-60(21-23-61)19-8-6-5-7-16-50-33-11-9-10-30-41(33)47(66)62(46(30)65)37-14-15-40(63)57-45(37)64/h9-13,17-18,24-28,37,50H,5-8,14-16,19-23H2,1-4H3,(H,57,63,64)(H2,53,55,56,58). The van der Waals surface area contributed by atoms with Crippen molar-refractivity contribution in [1.82, 2.24) is 44.8 Å². The fourth-order valence-corrected chi connectivity index (χ4v) is 10.9. The number of amides is 4. The highest BCUT2D eigenvalue weighted by molar-refractivity contribution is 9.10. The molecule has 3 aliphatic heterocycles. The second kappa shape index (κ2) is 20.1. The number of piperazine rings is 1. The van der Waals surface area contributed by atoms with E-state index in [2.05, 4.69) is 73.1 Å². The number of ether oxygens (including phenoxy) is 1. The molecule has 6 heterocycles. The predicted molar refractivity (Wildman–Crippen MR) is 269 cm³/mol. The number of unbranched alkanes of at least 4 members (excludes halogenated alkanes) is 3. The number of halogens is 1. The van der Waals surface area contributed by atoms with E-state index in [0.29, 0.717) is 61.9 Å². The molecular weight excluding hydrogens is 965 g/mol. The number of aromatic nitrogens is 6. The van der Waals surface area contributed by atoms with Crippen LogP contribution in [0.25, 0.3) is 22.2 Å². The molecule has 1 unspecified atom stereocenters. The van der Waals surface area contributed by atoms with Gasteiger partial charge in [-0.25, -0.2) is 4.98 Å². The summed E-state index contributed by atoms with van der Waals surface area (Å²) in [6, 6.07) is 11.9. The van der Waals surface area contributed by atoms with Crippen LogP contribution in [0.3, 0.4) is 0 Å². The molecule has 19 nitrogen and oxygen atoms in total. The van der Waals surface area contributed by atoms with Crippen molar-refractivity contribution >= 4 is 97.6 Å². The van der Waals surface area contributed by atoms with E-state index >= 15 is 0 Å². The van der Waals surface area contributed by atoms with Crippen molar-refractivity contribution in [3.63, 3.8) is 0 Å². The van der Waals surface area contributed by atoms with Crippen LogP contribution < -0.4 is 36.2 Å². The number of fused-ring (bicyclic) bond motifs is 2. The first-order valence-corrected chi connectivity index (χ1v) is 26.3. The Bertz CT molecular complexity index is 3030. The summed E-state index contributed by atoms with van der Waals surface area (Å²) in [7, 11) is 0.729. The van der Waals surface area contributed by atoms with Gasteiger partial charge in [0.05, 0.1) is 51.1 Å². The Balaban J connectivity index is 0.805. The summed E-state index contributed by atoms with van der Waals surface area (Å²) < 4.78 is 22.0. The van der Waals surface area contributed by atoms with Crippen molar-refractivity contribution in [2.75, 3.05) is 80.6 Å². The van der Waals surface area contributed by atoms with Crippen molar-refractivity contribution < 1.29 is 28.5 Å². The molecule has 2 saturated heterocycles. The lowest BCUT2D eigenvalue weighted by Crippen LogP contribution is -2.54. The van der Waals surface area contributed by atoms with Crippen molar-refractivity contribution in [3.05, 3.63) is 89.0 Å². The summed E-state index contributed by atoms with van der Waals surface area (Å²) in [4.78, 5) is 75.0. The third-order valence-electron chi connectivity index (χ3n) is 12.6. The van der Waals surface area contributed by atoms with Gasteiger partial charge in [-0.3, -0.25) is 48.9 Å². The maximum Gasteiger partial charge on any atom is 0.264 e. The summed E-state index contributed by atoms with van der Waals surface area (Å²) in [5, 5.41) is 17.4. The molecule has 69 heavy (non-hydrogen) atoms. The fourth-order valence-electron chi connectivity index (χ4n) is 9.23. The molecule has 2 fully saturated rings. The van der Waals surface area contributed by atoms with Crippen LogP contribution in [-0.2, 0) is 21.2 Å². The Morgan fingerprint density at radius 3 is 2.42 bits per heavy atom. The second-order valence-electron chi connectivity index (χ2n) is 17.7. The van der Waals surface area contributed by atoms with Gasteiger partial charge in [0.2, 0.25) is 17.8 Å². The molecule has 0 aliphatic carbocycles. The lowest BCUT2D eigenvalue weighted by molar-refractivity contribution is -0.136. The number of methoxy groups -OCH3 is 1. The first-order valence-electron chi connectivity index (χ1n) is 22.9. The zero-order valence-corrected chi connectivity index (χ0v) is 41.3. The minimum atomic E-state index is -2.81. The van der Waals surface area contributed by atoms with Crippen LogP contribution >= 0.6 is 23.1 Å². The smallest absolute Gasteiger partial charge is 0.264 e. The molecule has 0 radical (unpaired) electrons. The van der Waals surface area contributed by atoms with E-state index in [-0.39, 0.29) is 24.0 Å². The first kappa shape index (κ1) is 47.3. The zero-order valence-electron chi connectivity index (χ0n) is 38.8. The van der Waals surface area contributed by atoms with Crippen LogP contribution in [0.2, 0.25) is 0 Å². The molecule has 358 valence electrons. The van der Waals surface area contributed by atoms with Gasteiger partial charge in [0.25, 0.3) is 11.8 Å². The van der Waals surface area contributed by atoms with Gasteiger partial charge in [0.1, 0.15) is 30.3 Å². The molecule has 6 aromatic rings. The number of rotatable bonds is 17. The molecule has 3 aromatic heterocycles. The predicted octanol–water partition coefficient (Wildman–Crippen LogP) is 6.52. The van der Waals surface area contributed by atoms with Crippen molar-refractivity contribution in [2.24, 2.45) is 7.05 Å². The Labute approximate surface area is 407 Å². The van der Waals surface area contributed by atoms with Gasteiger partial charge in [0.15, 0.2) is 0 Å². The lowest BCUT2D eigenvalue weighted by Gasteiger charge is -2.37. The number of piperidine rings is 1. The number of nitrogens with one attached hydrogen (secondary N) is 4. The first-order chi connectivity index (χ1) is 33.3. The summed E-state index contributed by atoms with van der Waals surface area (Å²) in [6.45, 7) is 8.49. The number of aryl methyl sites for hydroxylation is 1. The molecule has 0 spiro atoms. The number of benzene rings is 3. The number of nitrogens with zero attached hydrogens (tertiary/aromatic N) is 9. The van der Waals surface area contributed by atoms with Crippen molar-refractivity contribution in [3.8, 4) is 16.9 Å². The Hall–Kier alpha value is -6.76. The number of carbonyl (C=O) groups excluding carboxylic acids is 4. The minimum Gasteiger partial charge on any atom is -0.494 e. The summed E-state index contributed by atoms with van der Waals surface area (Å²) in [5.41, 5.74) is 6.60. The maximum atomic E-state index is 13.6. The summed E-state index contributed by atoms with van der Waals surface area (Å²) in [5.74, 6) is -0.640. The number of hydrogen-bond acceptors (Lipinski definition) is 16. The summed E-state index contributed by atoms with van der Waals surface area (Å²) in [6.07, 6.45) is 12.9. The van der Waals surface area contributed by atoms with E-state index in [1.807, 2.05) is 37.6 Å². The quantitative estimate of drug-likeness (QED) is 0.0434. The van der Waals surface area contributed by atoms with Crippen LogP contribution in [-0.4, -0.2) is 129 Å². The monoisotopic (exact) mass is 1020 g/mol. The highest BCUT2D eigenvalue weighted by Gasteiger charge is 2.45. The number of imide groups is 2. The van der Waals surface area contributed by atoms with Gasteiger partial charge < -0.3 is 30.2 Å². The fraction of sp³-hybridized carbons (Fsp3) is 0.354. The Morgan fingerprint density at radius 2 is 1.67 bits per heavy atom. The normalized spacial score (nSPS) is 16.5. The molecule has 3 aliphatic rings.